The third-order valence-electron chi connectivity index (χ3n) is 5.17. The first kappa shape index (κ1) is 19.9. The minimum absolute atomic E-state index is 0.120. The Labute approximate surface area is 166 Å². The lowest BCUT2D eigenvalue weighted by Gasteiger charge is -2.25. The third kappa shape index (κ3) is 4.90. The van der Waals surface area contributed by atoms with Crippen LogP contribution in [0.4, 0.5) is 5.69 Å². The van der Waals surface area contributed by atoms with E-state index in [1.165, 1.54) is 10.4 Å². The zero-order valence-corrected chi connectivity index (χ0v) is 17.6. The zero-order chi connectivity index (χ0) is 19.4. The van der Waals surface area contributed by atoms with E-state index in [0.717, 1.165) is 42.0 Å². The Bertz CT molecular complexity index is 761. The number of ether oxygens (including phenoxy) is 1. The van der Waals surface area contributed by atoms with Crippen LogP contribution in [-0.2, 0) is 17.7 Å². The number of benzene rings is 1. The number of aryl methyl sites for hydroxylation is 2. The van der Waals surface area contributed by atoms with Gasteiger partial charge in [0.05, 0.1) is 11.0 Å². The SMILES string of the molecule is CCc1cc(C(=O)N(Cc2ccc(N(C)C)cc2)C[C@@H]2CCCO2)sc1C. The summed E-state index contributed by atoms with van der Waals surface area (Å²) in [7, 11) is 4.07. The molecule has 1 aliphatic heterocycles. The molecular weight excluding hydrogens is 356 g/mol. The van der Waals surface area contributed by atoms with Crippen molar-refractivity contribution in [2.24, 2.45) is 0 Å². The molecule has 1 amide bonds. The molecule has 0 unspecified atom stereocenters. The Morgan fingerprint density at radius 2 is 2.00 bits per heavy atom. The van der Waals surface area contributed by atoms with Gasteiger partial charge in [-0.2, -0.15) is 0 Å². The predicted molar refractivity (Wildman–Crippen MR) is 113 cm³/mol. The van der Waals surface area contributed by atoms with Gasteiger partial charge in [-0.25, -0.2) is 0 Å². The van der Waals surface area contributed by atoms with Crippen molar-refractivity contribution in [2.75, 3.05) is 32.1 Å². The topological polar surface area (TPSA) is 32.8 Å². The molecule has 1 saturated heterocycles. The number of rotatable bonds is 7. The minimum atomic E-state index is 0.120. The molecule has 3 rings (SSSR count). The van der Waals surface area contributed by atoms with Crippen LogP contribution in [0, 0.1) is 6.92 Å². The minimum Gasteiger partial charge on any atom is -0.378 e. The quantitative estimate of drug-likeness (QED) is 0.702. The van der Waals surface area contributed by atoms with Crippen LogP contribution in [0.2, 0.25) is 0 Å². The molecule has 2 heterocycles. The molecule has 5 heteroatoms. The van der Waals surface area contributed by atoms with Gasteiger partial charge in [0.2, 0.25) is 0 Å². The highest BCUT2D eigenvalue weighted by molar-refractivity contribution is 7.14. The third-order valence-corrected chi connectivity index (χ3v) is 6.25. The van der Waals surface area contributed by atoms with Gasteiger partial charge in [0, 0.05) is 44.4 Å². The summed E-state index contributed by atoms with van der Waals surface area (Å²) in [4.78, 5) is 19.4. The molecule has 1 aromatic carbocycles. The van der Waals surface area contributed by atoms with Gasteiger partial charge in [0.15, 0.2) is 0 Å². The summed E-state index contributed by atoms with van der Waals surface area (Å²) >= 11 is 1.61. The van der Waals surface area contributed by atoms with Crippen LogP contribution >= 0.6 is 11.3 Å². The second-order valence-corrected chi connectivity index (χ2v) is 8.68. The lowest BCUT2D eigenvalue weighted by molar-refractivity contribution is 0.0511. The molecule has 0 bridgehead atoms. The molecule has 1 aromatic heterocycles. The van der Waals surface area contributed by atoms with Gasteiger partial charge >= 0.3 is 0 Å². The predicted octanol–water partition coefficient (Wildman–Crippen LogP) is 4.51. The lowest BCUT2D eigenvalue weighted by atomic mass is 10.1. The number of anilines is 1. The van der Waals surface area contributed by atoms with Gasteiger partial charge in [-0.15, -0.1) is 11.3 Å². The number of hydrogen-bond acceptors (Lipinski definition) is 4. The van der Waals surface area contributed by atoms with E-state index < -0.39 is 0 Å². The Balaban J connectivity index is 1.79. The van der Waals surface area contributed by atoms with Crippen molar-refractivity contribution in [1.29, 1.82) is 0 Å². The smallest absolute Gasteiger partial charge is 0.264 e. The van der Waals surface area contributed by atoms with Gasteiger partial charge in [0.1, 0.15) is 0 Å². The molecule has 0 spiro atoms. The van der Waals surface area contributed by atoms with E-state index in [4.69, 9.17) is 4.74 Å². The summed E-state index contributed by atoms with van der Waals surface area (Å²) in [6, 6.07) is 10.5. The summed E-state index contributed by atoms with van der Waals surface area (Å²) < 4.78 is 5.81. The van der Waals surface area contributed by atoms with Crippen LogP contribution in [0.25, 0.3) is 0 Å². The first-order valence-corrected chi connectivity index (χ1v) is 10.6. The molecule has 1 aliphatic rings. The van der Waals surface area contributed by atoms with Crippen molar-refractivity contribution >= 4 is 22.9 Å². The largest absolute Gasteiger partial charge is 0.378 e. The van der Waals surface area contributed by atoms with Crippen LogP contribution in [-0.4, -0.2) is 44.2 Å². The summed E-state index contributed by atoms with van der Waals surface area (Å²) in [5.41, 5.74) is 3.59. The van der Waals surface area contributed by atoms with E-state index in [9.17, 15) is 4.79 Å². The van der Waals surface area contributed by atoms with Crippen molar-refractivity contribution in [1.82, 2.24) is 4.90 Å². The maximum atomic E-state index is 13.3. The van der Waals surface area contributed by atoms with Gasteiger partial charge in [-0.05, 0) is 55.5 Å². The molecule has 4 nitrogen and oxygen atoms in total. The number of carbonyl (C=O) groups is 1. The second-order valence-electron chi connectivity index (χ2n) is 7.43. The molecule has 27 heavy (non-hydrogen) atoms. The first-order valence-electron chi connectivity index (χ1n) is 9.74. The van der Waals surface area contributed by atoms with Crippen molar-refractivity contribution in [2.45, 2.75) is 45.8 Å². The van der Waals surface area contributed by atoms with Gasteiger partial charge in [0.25, 0.3) is 5.91 Å². The van der Waals surface area contributed by atoms with E-state index in [1.807, 2.05) is 19.0 Å². The number of hydrogen-bond donors (Lipinski definition) is 0. The van der Waals surface area contributed by atoms with Crippen molar-refractivity contribution in [3.8, 4) is 0 Å². The Kier molecular flexibility index (Phi) is 6.55. The average molecular weight is 387 g/mol. The fraction of sp³-hybridized carbons (Fsp3) is 0.500. The Morgan fingerprint density at radius 1 is 1.26 bits per heavy atom. The van der Waals surface area contributed by atoms with E-state index in [2.05, 4.69) is 49.1 Å². The van der Waals surface area contributed by atoms with E-state index in [0.29, 0.717) is 13.1 Å². The summed E-state index contributed by atoms with van der Waals surface area (Å²) in [5, 5.41) is 0. The van der Waals surface area contributed by atoms with Gasteiger partial charge in [-0.3, -0.25) is 4.79 Å². The fourth-order valence-electron chi connectivity index (χ4n) is 3.51. The van der Waals surface area contributed by atoms with Crippen molar-refractivity contribution in [3.63, 3.8) is 0 Å². The highest BCUT2D eigenvalue weighted by Gasteiger charge is 2.25. The number of amides is 1. The highest BCUT2D eigenvalue weighted by Crippen LogP contribution is 2.25. The fourth-order valence-corrected chi connectivity index (χ4v) is 4.59. The van der Waals surface area contributed by atoms with Crippen LogP contribution in [0.15, 0.2) is 30.3 Å². The van der Waals surface area contributed by atoms with Gasteiger partial charge < -0.3 is 14.5 Å². The normalized spacial score (nSPS) is 16.5. The van der Waals surface area contributed by atoms with E-state index in [1.54, 1.807) is 11.3 Å². The van der Waals surface area contributed by atoms with Crippen LogP contribution in [0.3, 0.4) is 0 Å². The van der Waals surface area contributed by atoms with Crippen LogP contribution in [0.1, 0.15) is 45.4 Å². The lowest BCUT2D eigenvalue weighted by Crippen LogP contribution is -2.36. The molecule has 0 N–H and O–H groups in total. The zero-order valence-electron chi connectivity index (χ0n) is 16.8. The number of nitrogens with zero attached hydrogens (tertiary/aromatic N) is 2. The van der Waals surface area contributed by atoms with Gasteiger partial charge in [-0.1, -0.05) is 19.1 Å². The van der Waals surface area contributed by atoms with Crippen LogP contribution in [0.5, 0.6) is 0 Å². The maximum absolute atomic E-state index is 13.3. The molecule has 2 aromatic rings. The molecule has 1 fully saturated rings. The van der Waals surface area contributed by atoms with Crippen molar-refractivity contribution in [3.05, 3.63) is 51.2 Å². The maximum Gasteiger partial charge on any atom is 0.264 e. The standard InChI is InChI=1S/C22H30N2O2S/c1-5-18-13-21(27-16(18)2)22(25)24(15-20-7-6-12-26-20)14-17-8-10-19(11-9-17)23(3)4/h8-11,13,20H,5-7,12,14-15H2,1-4H3/t20-/m0/s1. The molecular formula is C22H30N2O2S. The van der Waals surface area contributed by atoms with E-state index >= 15 is 0 Å². The molecule has 0 radical (unpaired) electrons. The number of carbonyl (C=O) groups excluding carboxylic acids is 1. The van der Waals surface area contributed by atoms with E-state index in [-0.39, 0.29) is 12.0 Å². The molecule has 0 saturated carbocycles. The highest BCUT2D eigenvalue weighted by atomic mass is 32.1. The summed E-state index contributed by atoms with van der Waals surface area (Å²) in [6.45, 7) is 6.32. The Hall–Kier alpha value is -1.85. The first-order chi connectivity index (χ1) is 13.0. The summed E-state index contributed by atoms with van der Waals surface area (Å²) in [6.07, 6.45) is 3.24. The average Bonchev–Trinajstić information content (AvgIpc) is 3.30. The molecule has 146 valence electrons. The Morgan fingerprint density at radius 3 is 2.56 bits per heavy atom. The monoisotopic (exact) mass is 386 g/mol. The molecule has 0 aliphatic carbocycles. The second kappa shape index (κ2) is 8.89. The summed E-state index contributed by atoms with van der Waals surface area (Å²) in [5.74, 6) is 0.120. The number of thiophene rings is 1. The molecule has 1 atom stereocenters. The van der Waals surface area contributed by atoms with Crippen molar-refractivity contribution < 1.29 is 9.53 Å². The van der Waals surface area contributed by atoms with Crippen LogP contribution < -0.4 is 4.90 Å².